The zero-order valence-corrected chi connectivity index (χ0v) is 22.8. The van der Waals surface area contributed by atoms with Gasteiger partial charge in [-0.15, -0.1) is 0 Å². The minimum Gasteiger partial charge on any atom is -0.355 e. The lowest BCUT2D eigenvalue weighted by atomic mass is 10.0. The Morgan fingerprint density at radius 1 is 0.923 bits per heavy atom. The molecule has 0 aliphatic rings. The van der Waals surface area contributed by atoms with Crippen molar-refractivity contribution in [2.75, 3.05) is 23.7 Å². The Bertz CT molecular complexity index is 1350. The van der Waals surface area contributed by atoms with Gasteiger partial charge in [0.15, 0.2) is 0 Å². The highest BCUT2D eigenvalue weighted by Gasteiger charge is 2.30. The Morgan fingerprint density at radius 3 is 2.18 bits per heavy atom. The van der Waals surface area contributed by atoms with E-state index in [1.807, 2.05) is 30.3 Å². The summed E-state index contributed by atoms with van der Waals surface area (Å²) in [5.41, 5.74) is 1.37. The van der Waals surface area contributed by atoms with Gasteiger partial charge in [-0.1, -0.05) is 48.5 Å². The van der Waals surface area contributed by atoms with Crippen LogP contribution < -0.4 is 9.62 Å². The summed E-state index contributed by atoms with van der Waals surface area (Å²) in [6.45, 7) is 1.96. The molecule has 0 aromatic heterocycles. The van der Waals surface area contributed by atoms with Crippen LogP contribution in [0.1, 0.15) is 30.9 Å². The second-order valence-corrected chi connectivity index (χ2v) is 11.0. The maximum Gasteiger partial charge on any atom is 0.243 e. The number of nitrogens with one attached hydrogen (secondary N) is 1. The smallest absolute Gasteiger partial charge is 0.243 e. The first kappa shape index (κ1) is 29.8. The van der Waals surface area contributed by atoms with Crippen molar-refractivity contribution in [1.82, 2.24) is 10.2 Å². The van der Waals surface area contributed by atoms with E-state index in [0.29, 0.717) is 6.54 Å². The Morgan fingerprint density at radius 2 is 1.56 bits per heavy atom. The zero-order valence-electron chi connectivity index (χ0n) is 22.0. The lowest BCUT2D eigenvalue weighted by Crippen LogP contribution is -2.50. The number of hydrogen-bond donors (Lipinski definition) is 1. The molecule has 3 rings (SSSR count). The lowest BCUT2D eigenvalue weighted by Gasteiger charge is -2.32. The third kappa shape index (κ3) is 8.61. The molecule has 10 heteroatoms. The van der Waals surface area contributed by atoms with Crippen LogP contribution >= 0.6 is 0 Å². The predicted octanol–water partition coefficient (Wildman–Crippen LogP) is 4.29. The van der Waals surface area contributed by atoms with E-state index in [2.05, 4.69) is 5.32 Å². The van der Waals surface area contributed by atoms with E-state index < -0.39 is 33.6 Å². The number of hydrogen-bond acceptors (Lipinski definition) is 4. The highest BCUT2D eigenvalue weighted by molar-refractivity contribution is 7.92. The van der Waals surface area contributed by atoms with Gasteiger partial charge in [0.25, 0.3) is 0 Å². The first-order valence-electron chi connectivity index (χ1n) is 12.7. The van der Waals surface area contributed by atoms with Crippen molar-refractivity contribution < 1.29 is 26.8 Å². The molecule has 0 fully saturated rings. The molecular formula is C29H33F2N3O4S. The number of anilines is 1. The first-order chi connectivity index (χ1) is 18.6. The predicted molar refractivity (Wildman–Crippen MR) is 147 cm³/mol. The van der Waals surface area contributed by atoms with Crippen LogP contribution in [0.5, 0.6) is 0 Å². The molecule has 39 heavy (non-hydrogen) atoms. The summed E-state index contributed by atoms with van der Waals surface area (Å²) in [5.74, 6) is -1.78. The van der Waals surface area contributed by atoms with Crippen molar-refractivity contribution in [3.05, 3.63) is 102 Å². The minimum absolute atomic E-state index is 0.0335. The normalized spacial score (nSPS) is 12.0. The fraction of sp³-hybridized carbons (Fsp3) is 0.310. The van der Waals surface area contributed by atoms with Gasteiger partial charge < -0.3 is 10.2 Å². The Labute approximate surface area is 228 Å². The average molecular weight is 558 g/mol. The first-order valence-corrected chi connectivity index (χ1v) is 14.5. The van der Waals surface area contributed by atoms with E-state index in [0.717, 1.165) is 28.3 Å². The van der Waals surface area contributed by atoms with Gasteiger partial charge in [-0.2, -0.15) is 0 Å². The van der Waals surface area contributed by atoms with Crippen LogP contribution in [0.25, 0.3) is 0 Å². The fourth-order valence-corrected chi connectivity index (χ4v) is 5.23. The summed E-state index contributed by atoms with van der Waals surface area (Å²) in [6, 6.07) is 19.4. The van der Waals surface area contributed by atoms with Crippen molar-refractivity contribution in [2.45, 2.75) is 38.8 Å². The molecule has 0 radical (unpaired) electrons. The molecule has 1 N–H and O–H groups in total. The second kappa shape index (κ2) is 13.8. The van der Waals surface area contributed by atoms with Crippen molar-refractivity contribution in [3.63, 3.8) is 0 Å². The summed E-state index contributed by atoms with van der Waals surface area (Å²) >= 11 is 0. The molecule has 2 amide bonds. The average Bonchev–Trinajstić information content (AvgIpc) is 2.90. The standard InChI is InChI=1S/C29H33F2N3O4S/c1-3-32-29(36)27(20-22-10-5-4-6-11-22)33(21-23-12-7-8-13-26(23)31)28(35)14-9-19-34(39(2,37)38)25-17-15-24(30)16-18-25/h4-8,10-13,15-18,27H,3,9,14,19-21H2,1-2H3,(H,32,36). The van der Waals surface area contributed by atoms with Crippen LogP contribution in [0.4, 0.5) is 14.5 Å². The summed E-state index contributed by atoms with van der Waals surface area (Å²) in [6.07, 6.45) is 1.29. The number of sulfonamides is 1. The zero-order chi connectivity index (χ0) is 28.4. The number of carbonyl (C=O) groups excluding carboxylic acids is 2. The number of amides is 2. The maximum absolute atomic E-state index is 14.6. The topological polar surface area (TPSA) is 86.8 Å². The molecule has 0 saturated heterocycles. The monoisotopic (exact) mass is 557 g/mol. The minimum atomic E-state index is -3.71. The van der Waals surface area contributed by atoms with Gasteiger partial charge in [0.2, 0.25) is 21.8 Å². The summed E-state index contributed by atoms with van der Waals surface area (Å²) < 4.78 is 53.9. The molecule has 1 atom stereocenters. The molecular weight excluding hydrogens is 524 g/mol. The van der Waals surface area contributed by atoms with Crippen molar-refractivity contribution >= 4 is 27.5 Å². The van der Waals surface area contributed by atoms with Gasteiger partial charge >= 0.3 is 0 Å². The second-order valence-electron chi connectivity index (χ2n) is 9.13. The molecule has 0 spiro atoms. The molecule has 1 unspecified atom stereocenters. The van der Waals surface area contributed by atoms with Gasteiger partial charge in [0, 0.05) is 38.0 Å². The van der Waals surface area contributed by atoms with E-state index in [-0.39, 0.29) is 49.5 Å². The highest BCUT2D eigenvalue weighted by Crippen LogP contribution is 2.21. The third-order valence-corrected chi connectivity index (χ3v) is 7.38. The maximum atomic E-state index is 14.6. The molecule has 0 aliphatic heterocycles. The number of benzene rings is 3. The van der Waals surface area contributed by atoms with Crippen LogP contribution in [0.2, 0.25) is 0 Å². The molecule has 0 aliphatic carbocycles. The summed E-state index contributed by atoms with van der Waals surface area (Å²) in [7, 11) is -3.71. The molecule has 0 bridgehead atoms. The van der Waals surface area contributed by atoms with E-state index in [4.69, 9.17) is 0 Å². The van der Waals surface area contributed by atoms with Crippen molar-refractivity contribution in [2.24, 2.45) is 0 Å². The van der Waals surface area contributed by atoms with E-state index >= 15 is 0 Å². The Kier molecular flexibility index (Phi) is 10.6. The van der Waals surface area contributed by atoms with Gasteiger partial charge in [-0.25, -0.2) is 17.2 Å². The number of nitrogens with zero attached hydrogens (tertiary/aromatic N) is 2. The van der Waals surface area contributed by atoms with Crippen LogP contribution in [0, 0.1) is 11.6 Å². The fourth-order valence-electron chi connectivity index (χ4n) is 4.27. The van der Waals surface area contributed by atoms with Gasteiger partial charge in [-0.3, -0.25) is 13.9 Å². The van der Waals surface area contributed by atoms with Crippen LogP contribution in [0.3, 0.4) is 0 Å². The largest absolute Gasteiger partial charge is 0.355 e. The summed E-state index contributed by atoms with van der Waals surface area (Å²) in [5, 5.41) is 2.78. The van der Waals surface area contributed by atoms with Crippen molar-refractivity contribution in [1.29, 1.82) is 0 Å². The number of halogens is 2. The van der Waals surface area contributed by atoms with E-state index in [1.54, 1.807) is 25.1 Å². The SMILES string of the molecule is CCNC(=O)C(Cc1ccccc1)N(Cc1ccccc1F)C(=O)CCCN(c1ccc(F)cc1)S(C)(=O)=O. The lowest BCUT2D eigenvalue weighted by molar-refractivity contribution is -0.141. The van der Waals surface area contributed by atoms with Gasteiger partial charge in [-0.05, 0) is 49.2 Å². The van der Waals surface area contributed by atoms with Crippen LogP contribution in [-0.2, 0) is 32.6 Å². The summed E-state index contributed by atoms with van der Waals surface area (Å²) in [4.78, 5) is 28.2. The van der Waals surface area contributed by atoms with Crippen LogP contribution in [0.15, 0.2) is 78.9 Å². The van der Waals surface area contributed by atoms with Gasteiger partial charge in [0.05, 0.1) is 11.9 Å². The van der Waals surface area contributed by atoms with E-state index in [1.165, 1.54) is 23.1 Å². The molecule has 0 saturated carbocycles. The number of carbonyl (C=O) groups is 2. The quantitative estimate of drug-likeness (QED) is 0.340. The Hall–Kier alpha value is -3.79. The van der Waals surface area contributed by atoms with E-state index in [9.17, 15) is 26.8 Å². The third-order valence-electron chi connectivity index (χ3n) is 6.19. The molecule has 0 heterocycles. The Balaban J connectivity index is 1.86. The van der Waals surface area contributed by atoms with Crippen LogP contribution in [-0.4, -0.2) is 50.5 Å². The molecule has 7 nitrogen and oxygen atoms in total. The molecule has 3 aromatic carbocycles. The number of likely N-dealkylation sites (N-methyl/N-ethyl adjacent to an activating group) is 1. The van der Waals surface area contributed by atoms with Gasteiger partial charge in [0.1, 0.15) is 17.7 Å². The molecule has 208 valence electrons. The van der Waals surface area contributed by atoms with Crippen molar-refractivity contribution in [3.8, 4) is 0 Å². The highest BCUT2D eigenvalue weighted by atomic mass is 32.2. The number of rotatable bonds is 13. The molecule has 3 aromatic rings.